The van der Waals surface area contributed by atoms with Crippen molar-refractivity contribution in [1.82, 2.24) is 5.16 Å². The van der Waals surface area contributed by atoms with Gasteiger partial charge in [0.05, 0.1) is 10.9 Å². The molecular formula is C22H17IN4O2. The summed E-state index contributed by atoms with van der Waals surface area (Å²) < 4.78 is 6.33. The van der Waals surface area contributed by atoms with E-state index < -0.39 is 0 Å². The number of amides is 1. The van der Waals surface area contributed by atoms with Crippen molar-refractivity contribution in [3.8, 4) is 11.1 Å². The molecule has 7 heteroatoms. The van der Waals surface area contributed by atoms with Crippen molar-refractivity contribution in [2.75, 3.05) is 16.0 Å². The number of hydrogen-bond donors (Lipinski definition) is 2. The van der Waals surface area contributed by atoms with Crippen LogP contribution in [0.3, 0.4) is 0 Å². The van der Waals surface area contributed by atoms with Gasteiger partial charge in [0.1, 0.15) is 6.17 Å². The zero-order chi connectivity index (χ0) is 20.1. The summed E-state index contributed by atoms with van der Waals surface area (Å²) in [5.41, 5.74) is 10.6. The van der Waals surface area contributed by atoms with Crippen LogP contribution >= 0.6 is 22.6 Å². The van der Waals surface area contributed by atoms with Crippen LogP contribution in [0.1, 0.15) is 17.3 Å². The topological polar surface area (TPSA) is 84.4 Å². The number of rotatable bonds is 2. The number of aromatic nitrogens is 1. The number of anilines is 3. The molecule has 0 fully saturated rings. The van der Waals surface area contributed by atoms with Crippen LogP contribution in [0.15, 0.2) is 65.2 Å². The van der Waals surface area contributed by atoms with Crippen LogP contribution in [0.2, 0.25) is 0 Å². The lowest BCUT2D eigenvalue weighted by Gasteiger charge is -2.36. The summed E-state index contributed by atoms with van der Waals surface area (Å²) in [6, 6.07) is 19.4. The van der Waals surface area contributed by atoms with Gasteiger partial charge in [-0.2, -0.15) is 0 Å². The first-order chi connectivity index (χ1) is 14.0. The Morgan fingerprint density at radius 3 is 2.72 bits per heavy atom. The van der Waals surface area contributed by atoms with Gasteiger partial charge in [0.2, 0.25) is 0 Å². The zero-order valence-electron chi connectivity index (χ0n) is 15.5. The Labute approximate surface area is 180 Å². The molecule has 144 valence electrons. The van der Waals surface area contributed by atoms with Crippen molar-refractivity contribution < 1.29 is 9.32 Å². The second-order valence-corrected chi connectivity index (χ2v) is 8.22. The standard InChI is InChI=1S/C22H17IN4O2/c1-12-25-18-4-2-3-16(13-5-10-19-17(11-13)21(24)26-29-19)20(18)22(28)27(12)15-8-6-14(23)7-9-15/h2-12,25H,1H3,(H2,24,26). The summed E-state index contributed by atoms with van der Waals surface area (Å²) in [4.78, 5) is 15.4. The number of hydrogen-bond acceptors (Lipinski definition) is 5. The molecule has 3 N–H and O–H groups in total. The molecule has 2 heterocycles. The Morgan fingerprint density at radius 2 is 1.93 bits per heavy atom. The lowest BCUT2D eigenvalue weighted by Crippen LogP contribution is -2.47. The largest absolute Gasteiger partial charge is 0.380 e. The van der Waals surface area contributed by atoms with Crippen LogP contribution in [0.25, 0.3) is 22.1 Å². The maximum atomic E-state index is 13.6. The number of carbonyl (C=O) groups is 1. The highest BCUT2D eigenvalue weighted by molar-refractivity contribution is 14.1. The first-order valence-corrected chi connectivity index (χ1v) is 10.2. The molecule has 5 rings (SSSR count). The summed E-state index contributed by atoms with van der Waals surface area (Å²) in [6.07, 6.45) is -0.165. The molecule has 0 radical (unpaired) electrons. The van der Waals surface area contributed by atoms with E-state index in [0.717, 1.165) is 31.5 Å². The predicted octanol–water partition coefficient (Wildman–Crippen LogP) is 5.10. The summed E-state index contributed by atoms with van der Waals surface area (Å²) in [5, 5.41) is 8.01. The van der Waals surface area contributed by atoms with Crippen molar-refractivity contribution in [2.45, 2.75) is 13.1 Å². The SMILES string of the molecule is CC1Nc2cccc(-c3ccc4onc(N)c4c3)c2C(=O)N1c1ccc(I)cc1. The second kappa shape index (κ2) is 6.77. The van der Waals surface area contributed by atoms with E-state index in [1.807, 2.05) is 67.6 Å². The minimum absolute atomic E-state index is 0.0403. The number of benzene rings is 3. The molecule has 0 spiro atoms. The van der Waals surface area contributed by atoms with Gasteiger partial charge in [-0.1, -0.05) is 23.4 Å². The quantitative estimate of drug-likeness (QED) is 0.378. The fourth-order valence-corrected chi connectivity index (χ4v) is 4.16. The highest BCUT2D eigenvalue weighted by Crippen LogP contribution is 2.37. The third-order valence-corrected chi connectivity index (χ3v) is 5.88. The minimum atomic E-state index is -0.165. The molecule has 1 atom stereocenters. The van der Waals surface area contributed by atoms with Gasteiger partial charge in [-0.25, -0.2) is 0 Å². The van der Waals surface area contributed by atoms with Crippen LogP contribution in [0.5, 0.6) is 0 Å². The third kappa shape index (κ3) is 2.93. The van der Waals surface area contributed by atoms with Crippen molar-refractivity contribution in [3.63, 3.8) is 0 Å². The van der Waals surface area contributed by atoms with E-state index in [-0.39, 0.29) is 12.1 Å². The molecule has 0 saturated carbocycles. The average Bonchev–Trinajstić information content (AvgIpc) is 3.09. The van der Waals surface area contributed by atoms with Gasteiger partial charge in [0, 0.05) is 14.9 Å². The highest BCUT2D eigenvalue weighted by Gasteiger charge is 2.32. The van der Waals surface area contributed by atoms with Gasteiger partial charge in [0.15, 0.2) is 11.4 Å². The fraction of sp³-hybridized carbons (Fsp3) is 0.0909. The van der Waals surface area contributed by atoms with E-state index in [9.17, 15) is 4.79 Å². The van der Waals surface area contributed by atoms with E-state index in [2.05, 4.69) is 33.1 Å². The monoisotopic (exact) mass is 496 g/mol. The van der Waals surface area contributed by atoms with E-state index in [1.54, 1.807) is 4.90 Å². The van der Waals surface area contributed by atoms with E-state index in [0.29, 0.717) is 17.0 Å². The predicted molar refractivity (Wildman–Crippen MR) is 123 cm³/mol. The zero-order valence-corrected chi connectivity index (χ0v) is 17.7. The summed E-state index contributed by atoms with van der Waals surface area (Å²) in [5.74, 6) is 0.298. The highest BCUT2D eigenvalue weighted by atomic mass is 127. The second-order valence-electron chi connectivity index (χ2n) is 6.98. The molecule has 0 bridgehead atoms. The third-order valence-electron chi connectivity index (χ3n) is 5.16. The van der Waals surface area contributed by atoms with Crippen LogP contribution in [-0.4, -0.2) is 17.2 Å². The van der Waals surface area contributed by atoms with Crippen molar-refractivity contribution in [2.24, 2.45) is 0 Å². The summed E-state index contributed by atoms with van der Waals surface area (Å²) in [6.45, 7) is 1.98. The molecule has 0 saturated heterocycles. The van der Waals surface area contributed by atoms with Gasteiger partial charge >= 0.3 is 0 Å². The number of halogens is 1. The molecule has 0 aliphatic carbocycles. The normalized spacial score (nSPS) is 16.0. The number of nitrogen functional groups attached to an aromatic ring is 1. The lowest BCUT2D eigenvalue weighted by atomic mass is 9.94. The Hall–Kier alpha value is -3.07. The molecule has 1 aliphatic rings. The fourth-order valence-electron chi connectivity index (χ4n) is 3.80. The lowest BCUT2D eigenvalue weighted by molar-refractivity contribution is 0.0978. The summed E-state index contributed by atoms with van der Waals surface area (Å²) >= 11 is 2.26. The average molecular weight is 496 g/mol. The maximum absolute atomic E-state index is 13.6. The molecule has 1 amide bonds. The van der Waals surface area contributed by atoms with E-state index >= 15 is 0 Å². The molecule has 1 unspecified atom stereocenters. The van der Waals surface area contributed by atoms with Gasteiger partial charge < -0.3 is 15.6 Å². The van der Waals surface area contributed by atoms with Crippen molar-refractivity contribution >= 4 is 56.7 Å². The molecule has 1 aliphatic heterocycles. The number of carbonyl (C=O) groups excluding carboxylic acids is 1. The van der Waals surface area contributed by atoms with E-state index in [4.69, 9.17) is 10.3 Å². The maximum Gasteiger partial charge on any atom is 0.262 e. The van der Waals surface area contributed by atoms with Gasteiger partial charge in [-0.15, -0.1) is 0 Å². The first kappa shape index (κ1) is 18.0. The van der Waals surface area contributed by atoms with E-state index in [1.165, 1.54) is 0 Å². The Kier molecular flexibility index (Phi) is 4.20. The van der Waals surface area contributed by atoms with Gasteiger partial charge in [-0.05, 0) is 83.1 Å². The molecule has 1 aromatic heterocycles. The Bertz CT molecular complexity index is 1250. The van der Waals surface area contributed by atoms with Crippen molar-refractivity contribution in [1.29, 1.82) is 0 Å². The van der Waals surface area contributed by atoms with Crippen LogP contribution in [0, 0.1) is 3.57 Å². The number of nitrogens with one attached hydrogen (secondary N) is 1. The molecule has 4 aromatic rings. The molecule has 29 heavy (non-hydrogen) atoms. The van der Waals surface area contributed by atoms with Crippen LogP contribution < -0.4 is 16.0 Å². The number of nitrogens with zero attached hydrogens (tertiary/aromatic N) is 2. The van der Waals surface area contributed by atoms with Crippen LogP contribution in [0.4, 0.5) is 17.2 Å². The van der Waals surface area contributed by atoms with Crippen molar-refractivity contribution in [3.05, 3.63) is 69.8 Å². The number of nitrogens with two attached hydrogens (primary N) is 1. The molecule has 3 aromatic carbocycles. The molecular weight excluding hydrogens is 479 g/mol. The smallest absolute Gasteiger partial charge is 0.262 e. The summed E-state index contributed by atoms with van der Waals surface area (Å²) in [7, 11) is 0. The Morgan fingerprint density at radius 1 is 1.14 bits per heavy atom. The number of fused-ring (bicyclic) bond motifs is 2. The van der Waals surface area contributed by atoms with Gasteiger partial charge in [0.25, 0.3) is 5.91 Å². The first-order valence-electron chi connectivity index (χ1n) is 9.17. The Balaban J connectivity index is 1.66. The van der Waals surface area contributed by atoms with Crippen LogP contribution in [-0.2, 0) is 0 Å². The van der Waals surface area contributed by atoms with Gasteiger partial charge in [-0.3, -0.25) is 9.69 Å². The minimum Gasteiger partial charge on any atom is -0.380 e. The molecule has 6 nitrogen and oxygen atoms in total.